The Morgan fingerprint density at radius 2 is 2.15 bits per heavy atom. The van der Waals surface area contributed by atoms with Gasteiger partial charge in [0, 0.05) is 6.20 Å². The first-order valence-electron chi connectivity index (χ1n) is 6.64. The molecule has 0 amide bonds. The van der Waals surface area contributed by atoms with Crippen LogP contribution in [0, 0.1) is 0 Å². The third kappa shape index (κ3) is 2.26. The van der Waals surface area contributed by atoms with Gasteiger partial charge in [-0.15, -0.1) is 0 Å². The summed E-state index contributed by atoms with van der Waals surface area (Å²) >= 11 is 0. The summed E-state index contributed by atoms with van der Waals surface area (Å²) in [6.07, 6.45) is 7.12. The SMILES string of the molecule is C=C(CCC)c1cn2cc(N3CC(F)(F)C3)ncc2n1. The Labute approximate surface area is 115 Å². The smallest absolute Gasteiger partial charge is 0.282 e. The van der Waals surface area contributed by atoms with E-state index in [1.54, 1.807) is 17.3 Å². The van der Waals surface area contributed by atoms with Crippen molar-refractivity contribution in [2.45, 2.75) is 25.7 Å². The maximum absolute atomic E-state index is 12.9. The molecule has 1 saturated heterocycles. The van der Waals surface area contributed by atoms with Crippen molar-refractivity contribution < 1.29 is 8.78 Å². The molecule has 3 heterocycles. The highest BCUT2D eigenvalue weighted by Crippen LogP contribution is 2.30. The minimum atomic E-state index is -2.59. The molecule has 2 aromatic rings. The molecule has 0 spiro atoms. The molecule has 1 aliphatic rings. The Morgan fingerprint density at radius 1 is 1.40 bits per heavy atom. The summed E-state index contributed by atoms with van der Waals surface area (Å²) in [6.45, 7) is 5.56. The van der Waals surface area contributed by atoms with Crippen LogP contribution in [0.25, 0.3) is 11.2 Å². The lowest BCUT2D eigenvalue weighted by molar-refractivity contribution is -0.0267. The fraction of sp³-hybridized carbons (Fsp3) is 0.429. The van der Waals surface area contributed by atoms with Crippen molar-refractivity contribution in [1.82, 2.24) is 14.4 Å². The van der Waals surface area contributed by atoms with Gasteiger partial charge in [-0.2, -0.15) is 0 Å². The molecule has 1 fully saturated rings. The quantitative estimate of drug-likeness (QED) is 0.862. The van der Waals surface area contributed by atoms with Crippen LogP contribution in [-0.2, 0) is 0 Å². The number of halogens is 2. The molecule has 0 aliphatic carbocycles. The molecule has 4 nitrogen and oxygen atoms in total. The second-order valence-corrected chi connectivity index (χ2v) is 5.20. The molecule has 0 radical (unpaired) electrons. The number of aromatic nitrogens is 3. The van der Waals surface area contributed by atoms with E-state index in [1.807, 2.05) is 10.6 Å². The number of imidazole rings is 1. The number of hydrogen-bond acceptors (Lipinski definition) is 3. The number of alkyl halides is 2. The summed E-state index contributed by atoms with van der Waals surface area (Å²) < 4.78 is 27.6. The molecule has 3 rings (SSSR count). The van der Waals surface area contributed by atoms with Gasteiger partial charge in [-0.1, -0.05) is 19.9 Å². The van der Waals surface area contributed by atoms with Crippen molar-refractivity contribution >= 4 is 17.0 Å². The highest BCUT2D eigenvalue weighted by atomic mass is 19.3. The van der Waals surface area contributed by atoms with Crippen LogP contribution in [0.3, 0.4) is 0 Å². The van der Waals surface area contributed by atoms with Gasteiger partial charge in [0.25, 0.3) is 5.92 Å². The largest absolute Gasteiger partial charge is 0.343 e. The molecule has 0 atom stereocenters. The Morgan fingerprint density at radius 3 is 2.80 bits per heavy atom. The molecule has 0 N–H and O–H groups in total. The van der Waals surface area contributed by atoms with E-state index in [2.05, 4.69) is 23.5 Å². The predicted molar refractivity (Wildman–Crippen MR) is 74.1 cm³/mol. The van der Waals surface area contributed by atoms with Crippen molar-refractivity contribution in [3.8, 4) is 0 Å². The van der Waals surface area contributed by atoms with E-state index in [9.17, 15) is 8.78 Å². The summed E-state index contributed by atoms with van der Waals surface area (Å²) in [5.74, 6) is -2.04. The van der Waals surface area contributed by atoms with Crippen molar-refractivity contribution in [2.75, 3.05) is 18.0 Å². The third-order valence-electron chi connectivity index (χ3n) is 3.41. The zero-order valence-electron chi connectivity index (χ0n) is 11.3. The minimum Gasteiger partial charge on any atom is -0.343 e. The number of nitrogens with zero attached hydrogens (tertiary/aromatic N) is 4. The Bertz CT molecular complexity index is 654. The van der Waals surface area contributed by atoms with Crippen LogP contribution in [0.1, 0.15) is 25.5 Å². The average Bonchev–Trinajstić information content (AvgIpc) is 2.78. The van der Waals surface area contributed by atoms with Crippen LogP contribution in [0.5, 0.6) is 0 Å². The second-order valence-electron chi connectivity index (χ2n) is 5.20. The molecular weight excluding hydrogens is 262 g/mol. The molecule has 20 heavy (non-hydrogen) atoms. The Kier molecular flexibility index (Phi) is 2.96. The van der Waals surface area contributed by atoms with Crippen LogP contribution in [0.15, 0.2) is 25.2 Å². The molecule has 0 bridgehead atoms. The molecule has 1 aliphatic heterocycles. The van der Waals surface area contributed by atoms with Gasteiger partial charge in [0.15, 0.2) is 5.65 Å². The van der Waals surface area contributed by atoms with Crippen LogP contribution >= 0.6 is 0 Å². The molecular formula is C14H16F2N4. The fourth-order valence-electron chi connectivity index (χ4n) is 2.33. The lowest BCUT2D eigenvalue weighted by atomic mass is 10.1. The second kappa shape index (κ2) is 4.54. The number of anilines is 1. The highest BCUT2D eigenvalue weighted by molar-refractivity contribution is 5.62. The molecule has 0 unspecified atom stereocenters. The number of fused-ring (bicyclic) bond motifs is 1. The van der Waals surface area contributed by atoms with Crippen molar-refractivity contribution in [3.05, 3.63) is 30.9 Å². The maximum Gasteiger partial charge on any atom is 0.282 e. The van der Waals surface area contributed by atoms with Gasteiger partial charge in [0.1, 0.15) is 5.82 Å². The summed E-state index contributed by atoms with van der Waals surface area (Å²) in [6, 6.07) is 0. The van der Waals surface area contributed by atoms with Gasteiger partial charge < -0.3 is 9.30 Å². The van der Waals surface area contributed by atoms with E-state index < -0.39 is 5.92 Å². The van der Waals surface area contributed by atoms with Gasteiger partial charge in [0.2, 0.25) is 0 Å². The number of rotatable bonds is 4. The maximum atomic E-state index is 12.9. The van der Waals surface area contributed by atoms with Gasteiger partial charge in [-0.3, -0.25) is 0 Å². The van der Waals surface area contributed by atoms with E-state index in [0.717, 1.165) is 24.1 Å². The summed E-state index contributed by atoms with van der Waals surface area (Å²) in [4.78, 5) is 10.2. The van der Waals surface area contributed by atoms with Gasteiger partial charge in [-0.25, -0.2) is 18.7 Å². The molecule has 6 heteroatoms. The normalized spacial score (nSPS) is 17.2. The Balaban J connectivity index is 1.86. The zero-order valence-corrected chi connectivity index (χ0v) is 11.3. The first-order chi connectivity index (χ1) is 9.48. The van der Waals surface area contributed by atoms with Gasteiger partial charge in [-0.05, 0) is 12.0 Å². The fourth-order valence-corrected chi connectivity index (χ4v) is 2.33. The number of allylic oxidation sites excluding steroid dienone is 1. The van der Waals surface area contributed by atoms with Crippen molar-refractivity contribution in [1.29, 1.82) is 0 Å². The van der Waals surface area contributed by atoms with Crippen LogP contribution in [-0.4, -0.2) is 33.4 Å². The minimum absolute atomic E-state index is 0.268. The first-order valence-corrected chi connectivity index (χ1v) is 6.64. The summed E-state index contributed by atoms with van der Waals surface area (Å²) in [5.41, 5.74) is 2.52. The van der Waals surface area contributed by atoms with E-state index in [4.69, 9.17) is 0 Å². The van der Waals surface area contributed by atoms with Crippen LogP contribution in [0.4, 0.5) is 14.6 Å². The lowest BCUT2D eigenvalue weighted by Crippen LogP contribution is -2.56. The van der Waals surface area contributed by atoms with E-state index in [1.165, 1.54) is 0 Å². The monoisotopic (exact) mass is 278 g/mol. The van der Waals surface area contributed by atoms with E-state index in [0.29, 0.717) is 11.5 Å². The lowest BCUT2D eigenvalue weighted by Gasteiger charge is -2.39. The first kappa shape index (κ1) is 13.0. The van der Waals surface area contributed by atoms with E-state index >= 15 is 0 Å². The molecule has 0 saturated carbocycles. The van der Waals surface area contributed by atoms with E-state index in [-0.39, 0.29) is 13.1 Å². The predicted octanol–water partition coefficient (Wildman–Crippen LogP) is 3.00. The summed E-state index contributed by atoms with van der Waals surface area (Å²) in [5, 5.41) is 0. The van der Waals surface area contributed by atoms with Crippen LogP contribution in [0.2, 0.25) is 0 Å². The third-order valence-corrected chi connectivity index (χ3v) is 3.41. The summed E-state index contributed by atoms with van der Waals surface area (Å²) in [7, 11) is 0. The molecule has 0 aromatic carbocycles. The Hall–Kier alpha value is -1.98. The average molecular weight is 278 g/mol. The molecule has 2 aromatic heterocycles. The van der Waals surface area contributed by atoms with Crippen molar-refractivity contribution in [2.24, 2.45) is 0 Å². The van der Waals surface area contributed by atoms with Crippen LogP contribution < -0.4 is 4.90 Å². The zero-order chi connectivity index (χ0) is 14.3. The highest BCUT2D eigenvalue weighted by Gasteiger charge is 2.44. The van der Waals surface area contributed by atoms with Crippen molar-refractivity contribution in [3.63, 3.8) is 0 Å². The van der Waals surface area contributed by atoms with Gasteiger partial charge >= 0.3 is 0 Å². The van der Waals surface area contributed by atoms with Gasteiger partial charge in [0.05, 0.1) is 31.2 Å². The topological polar surface area (TPSA) is 33.4 Å². The standard InChI is InChI=1S/C14H16F2N4/c1-3-4-10(2)11-6-19-7-13(17-5-12(19)18-11)20-8-14(15,16)9-20/h5-7H,2-4,8-9H2,1H3. The molecule has 106 valence electrons. The number of hydrogen-bond donors (Lipinski definition) is 0.